The predicted molar refractivity (Wildman–Crippen MR) is 128 cm³/mol. The van der Waals surface area contributed by atoms with Gasteiger partial charge in [0.15, 0.2) is 28.9 Å². The minimum atomic E-state index is -1.26. The Labute approximate surface area is 208 Å². The van der Waals surface area contributed by atoms with Crippen molar-refractivity contribution < 1.29 is 28.9 Å². The number of nitrogen functional groups attached to an aromatic ring is 1. The van der Waals surface area contributed by atoms with Crippen molar-refractivity contribution in [1.82, 2.24) is 15.2 Å². The first-order valence-electron chi connectivity index (χ1n) is 10.9. The molecule has 0 saturated carbocycles. The van der Waals surface area contributed by atoms with Crippen LogP contribution in [-0.2, 0) is 19.2 Å². The van der Waals surface area contributed by atoms with E-state index in [1.807, 2.05) is 0 Å². The summed E-state index contributed by atoms with van der Waals surface area (Å²) < 4.78 is 1.63. The molecule has 0 aliphatic carbocycles. The van der Waals surface area contributed by atoms with Gasteiger partial charge in [-0.25, -0.2) is 9.78 Å². The summed E-state index contributed by atoms with van der Waals surface area (Å²) in [5.74, 6) is -2.51. The number of carbonyl (C=O) groups is 3. The van der Waals surface area contributed by atoms with E-state index in [-0.39, 0.29) is 28.9 Å². The van der Waals surface area contributed by atoms with Gasteiger partial charge in [0, 0.05) is 24.9 Å². The molecule has 3 aliphatic rings. The van der Waals surface area contributed by atoms with Crippen molar-refractivity contribution in [2.75, 3.05) is 36.5 Å². The lowest BCUT2D eigenvalue weighted by atomic mass is 9.85. The third-order valence-corrected chi connectivity index (χ3v) is 6.99. The van der Waals surface area contributed by atoms with E-state index in [2.05, 4.69) is 15.5 Å². The van der Waals surface area contributed by atoms with Crippen molar-refractivity contribution in [3.63, 3.8) is 0 Å². The molecule has 188 valence electrons. The second-order valence-electron chi connectivity index (χ2n) is 8.40. The van der Waals surface area contributed by atoms with Crippen LogP contribution >= 0.6 is 11.3 Å². The van der Waals surface area contributed by atoms with E-state index in [1.54, 1.807) is 35.0 Å². The van der Waals surface area contributed by atoms with Crippen LogP contribution in [0.5, 0.6) is 0 Å². The molecule has 1 saturated heterocycles. The number of hydroxylamine groups is 1. The number of hydrogen-bond donors (Lipinski definition) is 3. The van der Waals surface area contributed by atoms with Gasteiger partial charge in [-0.3, -0.25) is 14.5 Å². The van der Waals surface area contributed by atoms with E-state index >= 15 is 0 Å². The summed E-state index contributed by atoms with van der Waals surface area (Å²) in [7, 11) is 3.03. The van der Waals surface area contributed by atoms with Gasteiger partial charge >= 0.3 is 5.97 Å². The third-order valence-electron chi connectivity index (χ3n) is 6.31. The number of hydrogen-bond acceptors (Lipinski definition) is 11. The zero-order chi connectivity index (χ0) is 25.7. The van der Waals surface area contributed by atoms with Crippen molar-refractivity contribution in [1.29, 1.82) is 0 Å². The number of nitrogens with one attached hydrogen (secondary N) is 1. The van der Waals surface area contributed by atoms with Crippen LogP contribution in [0.2, 0.25) is 0 Å². The number of carbonyl (C=O) groups excluding carboxylic acids is 2. The van der Waals surface area contributed by atoms with Gasteiger partial charge in [-0.1, -0.05) is 5.16 Å². The summed E-state index contributed by atoms with van der Waals surface area (Å²) in [5, 5.41) is 31.0. The summed E-state index contributed by atoms with van der Waals surface area (Å²) in [6.07, 6.45) is 4.04. The van der Waals surface area contributed by atoms with Crippen LogP contribution in [0.4, 0.5) is 16.5 Å². The van der Waals surface area contributed by atoms with E-state index in [0.29, 0.717) is 29.9 Å². The van der Waals surface area contributed by atoms with Gasteiger partial charge in [0.2, 0.25) is 5.70 Å². The lowest BCUT2D eigenvalue weighted by Crippen LogP contribution is -2.72. The smallest absolute Gasteiger partial charge is 0.359 e. The van der Waals surface area contributed by atoms with Gasteiger partial charge in [-0.05, 0) is 6.42 Å². The maximum absolute atomic E-state index is 13.1. The molecule has 4 N–H and O–H groups in total. The summed E-state index contributed by atoms with van der Waals surface area (Å²) >= 11 is 1.12. The fraction of sp³-hybridized carbons (Fsp3) is 0.333. The molecular weight excluding hydrogens is 492 g/mol. The van der Waals surface area contributed by atoms with E-state index in [9.17, 15) is 24.7 Å². The first-order valence-corrected chi connectivity index (χ1v) is 11.7. The average Bonchev–Trinajstić information content (AvgIpc) is 3.41. The van der Waals surface area contributed by atoms with Gasteiger partial charge in [0.25, 0.3) is 11.8 Å². The van der Waals surface area contributed by atoms with E-state index in [4.69, 9.17) is 10.6 Å². The Morgan fingerprint density at radius 3 is 2.86 bits per heavy atom. The molecule has 2 aromatic heterocycles. The molecule has 0 bridgehead atoms. The molecule has 2 aromatic rings. The minimum absolute atomic E-state index is 0.146. The van der Waals surface area contributed by atoms with Gasteiger partial charge in [0.1, 0.15) is 24.5 Å². The Hall–Kier alpha value is -4.24. The fourth-order valence-electron chi connectivity index (χ4n) is 4.69. The Balaban J connectivity index is 1.41. The van der Waals surface area contributed by atoms with Crippen LogP contribution < -0.4 is 25.6 Å². The lowest BCUT2D eigenvalue weighted by molar-refractivity contribution is -0.584. The second-order valence-corrected chi connectivity index (χ2v) is 9.29. The number of oxime groups is 1. The third kappa shape index (κ3) is 3.68. The van der Waals surface area contributed by atoms with E-state index in [1.165, 1.54) is 17.4 Å². The largest absolute Gasteiger partial charge is 0.757 e. The number of thiazole rings is 1. The highest BCUT2D eigenvalue weighted by Crippen LogP contribution is 2.38. The van der Waals surface area contributed by atoms with E-state index in [0.717, 1.165) is 16.4 Å². The molecule has 2 amide bonds. The number of aliphatic carboxylic acids is 1. The van der Waals surface area contributed by atoms with E-state index < -0.39 is 29.9 Å². The minimum Gasteiger partial charge on any atom is -0.757 e. The quantitative estimate of drug-likeness (QED) is 0.197. The Kier molecular flexibility index (Phi) is 5.72. The number of amides is 2. The molecule has 2 unspecified atom stereocenters. The Morgan fingerprint density at radius 1 is 1.42 bits per heavy atom. The summed E-state index contributed by atoms with van der Waals surface area (Å²) in [6, 6.07) is 0.139. The second kappa shape index (κ2) is 8.76. The first kappa shape index (κ1) is 23.5. The number of carboxylic acids is 1. The number of β-lactam (4-membered cyclic amide) rings is 1. The van der Waals surface area contributed by atoms with Crippen molar-refractivity contribution in [3.05, 3.63) is 40.4 Å². The molecule has 15 heteroatoms. The van der Waals surface area contributed by atoms with Crippen molar-refractivity contribution in [2.24, 2.45) is 5.16 Å². The molecule has 0 radical (unpaired) electrons. The number of rotatable bonds is 6. The van der Waals surface area contributed by atoms with Crippen LogP contribution in [0.3, 0.4) is 0 Å². The molecule has 0 spiro atoms. The highest BCUT2D eigenvalue weighted by molar-refractivity contribution is 7.13. The van der Waals surface area contributed by atoms with Crippen molar-refractivity contribution in [3.8, 4) is 0 Å². The van der Waals surface area contributed by atoms with Gasteiger partial charge in [0.05, 0.1) is 18.4 Å². The number of nitrogens with two attached hydrogens (primary N) is 1. The first-order chi connectivity index (χ1) is 17.2. The van der Waals surface area contributed by atoms with Crippen LogP contribution in [0.1, 0.15) is 18.5 Å². The molecular formula is C21H22N8O6S. The molecule has 5 rings (SSSR count). The Bertz CT molecular complexity index is 1340. The number of fused-ring (bicyclic) bond motifs is 2. The standard InChI is InChI=1S/C21H22N8O6S/c1-26-9-28(34)11-5-6-27(7-14(11)26)13-4-3-12-16(19(31)29(12)17(13)20(32)33)24-18(30)15(25-35-2)10-8-36-21(22)23-10/h5-8,12,16H,3-4,9H2,1-2H3,(H4-,22,23,24,30,32,33,34). The molecule has 0 aromatic carbocycles. The average molecular weight is 515 g/mol. The topological polar surface area (TPSA) is 181 Å². The monoisotopic (exact) mass is 514 g/mol. The molecule has 36 heavy (non-hydrogen) atoms. The summed E-state index contributed by atoms with van der Waals surface area (Å²) in [6.45, 7) is 0.167. The Morgan fingerprint density at radius 2 is 2.19 bits per heavy atom. The van der Waals surface area contributed by atoms with Gasteiger partial charge in [-0.15, -0.1) is 11.3 Å². The number of carboxylic acid groups (broad SMARTS) is 1. The molecule has 5 heterocycles. The maximum atomic E-state index is 13.1. The molecule has 3 aliphatic heterocycles. The SMILES string of the molecule is CON=C(C(=O)NC1C(=O)N2C(C(=O)O)=C([n+]3ccc4c(c3)N(C)CN4[O-])CCC12)c1csc(N)n1. The number of pyridine rings is 1. The van der Waals surface area contributed by atoms with Crippen molar-refractivity contribution >= 4 is 57.0 Å². The summed E-state index contributed by atoms with van der Waals surface area (Å²) in [4.78, 5) is 50.0. The molecule has 14 nitrogen and oxygen atoms in total. The highest BCUT2D eigenvalue weighted by atomic mass is 32.1. The zero-order valence-electron chi connectivity index (χ0n) is 19.2. The van der Waals surface area contributed by atoms with Crippen LogP contribution in [0.25, 0.3) is 5.70 Å². The lowest BCUT2D eigenvalue weighted by Gasteiger charge is -2.48. The van der Waals surface area contributed by atoms with Crippen LogP contribution in [0.15, 0.2) is 34.7 Å². The van der Waals surface area contributed by atoms with Gasteiger partial charge in [-0.2, -0.15) is 4.57 Å². The number of anilines is 3. The maximum Gasteiger partial charge on any atom is 0.359 e. The predicted octanol–water partition coefficient (Wildman–Crippen LogP) is -0.482. The van der Waals surface area contributed by atoms with Crippen LogP contribution in [-0.4, -0.2) is 71.4 Å². The zero-order valence-corrected chi connectivity index (χ0v) is 20.1. The normalized spacial score (nSPS) is 21.2. The fourth-order valence-corrected chi connectivity index (χ4v) is 5.24. The van der Waals surface area contributed by atoms with Crippen molar-refractivity contribution in [2.45, 2.75) is 24.9 Å². The number of allylic oxidation sites excluding steroid dienone is 1. The number of aromatic nitrogens is 2. The highest BCUT2D eigenvalue weighted by Gasteiger charge is 2.55. The van der Waals surface area contributed by atoms with Crippen LogP contribution in [0, 0.1) is 5.21 Å². The summed E-state index contributed by atoms with van der Waals surface area (Å²) in [5.41, 5.74) is 7.09. The molecule has 2 atom stereocenters. The number of nitrogens with zero attached hydrogens (tertiary/aromatic N) is 6. The van der Waals surface area contributed by atoms with Gasteiger partial charge < -0.3 is 36.2 Å². The molecule has 1 fully saturated rings.